The number of amides is 1. The van der Waals surface area contributed by atoms with Gasteiger partial charge >= 0.3 is 0 Å². The number of anilines is 1. The Hall–Kier alpha value is -2.86. The van der Waals surface area contributed by atoms with Crippen molar-refractivity contribution in [1.82, 2.24) is 10.2 Å². The molecule has 1 N–H and O–H groups in total. The fourth-order valence-corrected chi connectivity index (χ4v) is 3.94. The summed E-state index contributed by atoms with van der Waals surface area (Å²) in [4.78, 5) is 13.8. The van der Waals surface area contributed by atoms with Crippen molar-refractivity contribution in [3.8, 4) is 11.6 Å². The van der Waals surface area contributed by atoms with Gasteiger partial charge in [-0.2, -0.15) is 5.10 Å². The Kier molecular flexibility index (Phi) is 4.35. The summed E-state index contributed by atoms with van der Waals surface area (Å²) in [7, 11) is 0. The minimum atomic E-state index is -0.134. The first-order valence-corrected chi connectivity index (χ1v) is 8.86. The average molecular weight is 349 g/mol. The third-order valence-electron chi connectivity index (χ3n) is 3.89. The number of hydrogen-bond donors (Lipinski definition) is 1. The molecule has 1 aliphatic heterocycles. The lowest BCUT2D eigenvalue weighted by molar-refractivity contribution is -0.117. The summed E-state index contributed by atoms with van der Waals surface area (Å²) >= 11 is 1.72. The van der Waals surface area contributed by atoms with Gasteiger partial charge in [0.2, 0.25) is 11.8 Å². The fraction of sp³-hybridized carbons (Fsp3) is 0.105. The number of carbonyl (C=O) groups is 1. The van der Waals surface area contributed by atoms with E-state index in [4.69, 9.17) is 4.74 Å². The van der Waals surface area contributed by atoms with E-state index in [0.29, 0.717) is 17.3 Å². The van der Waals surface area contributed by atoms with E-state index >= 15 is 0 Å². The third kappa shape index (κ3) is 3.49. The number of carbonyl (C=O) groups excluding carboxylic acids is 1. The molecule has 1 aliphatic rings. The van der Waals surface area contributed by atoms with Crippen molar-refractivity contribution in [2.24, 2.45) is 0 Å². The lowest BCUT2D eigenvalue weighted by atomic mass is 10.0. The number of nitrogens with zero attached hydrogens (tertiary/aromatic N) is 2. The Bertz CT molecular complexity index is 902. The summed E-state index contributed by atoms with van der Waals surface area (Å²) in [6.07, 6.45) is 1.58. The molecule has 25 heavy (non-hydrogen) atoms. The molecule has 0 spiro atoms. The summed E-state index contributed by atoms with van der Waals surface area (Å²) in [5.41, 5.74) is 1.79. The van der Waals surface area contributed by atoms with E-state index in [1.807, 2.05) is 36.4 Å². The monoisotopic (exact) mass is 349 g/mol. The topological polar surface area (TPSA) is 64.1 Å². The molecule has 4 rings (SSSR count). The molecule has 2 heterocycles. The number of benzene rings is 2. The van der Waals surface area contributed by atoms with Crippen LogP contribution < -0.4 is 10.1 Å². The van der Waals surface area contributed by atoms with E-state index in [1.165, 1.54) is 4.90 Å². The molecule has 0 bridgehead atoms. The van der Waals surface area contributed by atoms with Crippen molar-refractivity contribution in [2.75, 3.05) is 11.1 Å². The van der Waals surface area contributed by atoms with E-state index in [0.717, 1.165) is 11.3 Å². The highest BCUT2D eigenvalue weighted by atomic mass is 32.2. The van der Waals surface area contributed by atoms with Crippen LogP contribution in [0.5, 0.6) is 11.6 Å². The Morgan fingerprint density at radius 1 is 1.12 bits per heavy atom. The third-order valence-corrected chi connectivity index (χ3v) is 5.07. The SMILES string of the molecule is O=C(Nc1cccc(Oc2cccnn2)c1)C1CSc2ccccc21. The van der Waals surface area contributed by atoms with Gasteiger partial charge in [0.05, 0.1) is 5.92 Å². The second kappa shape index (κ2) is 6.94. The summed E-state index contributed by atoms with van der Waals surface area (Å²) in [6, 6.07) is 18.8. The Labute approximate surface area is 149 Å². The molecule has 2 aromatic carbocycles. The molecule has 6 heteroatoms. The summed E-state index contributed by atoms with van der Waals surface area (Å²) < 4.78 is 5.65. The van der Waals surface area contributed by atoms with Gasteiger partial charge in [-0.25, -0.2) is 0 Å². The smallest absolute Gasteiger partial charge is 0.238 e. The maximum atomic E-state index is 12.7. The van der Waals surface area contributed by atoms with Crippen molar-refractivity contribution < 1.29 is 9.53 Å². The highest BCUT2D eigenvalue weighted by molar-refractivity contribution is 7.99. The number of fused-ring (bicyclic) bond motifs is 1. The average Bonchev–Trinajstić information content (AvgIpc) is 3.07. The molecule has 3 aromatic rings. The van der Waals surface area contributed by atoms with Crippen molar-refractivity contribution >= 4 is 23.4 Å². The van der Waals surface area contributed by atoms with Gasteiger partial charge in [0, 0.05) is 34.7 Å². The molecule has 124 valence electrons. The van der Waals surface area contributed by atoms with Gasteiger partial charge in [0.1, 0.15) is 5.75 Å². The predicted molar refractivity (Wildman–Crippen MR) is 97.1 cm³/mol. The number of nitrogens with one attached hydrogen (secondary N) is 1. The van der Waals surface area contributed by atoms with Crippen LogP contribution in [0.25, 0.3) is 0 Å². The van der Waals surface area contributed by atoms with Crippen LogP contribution in [0.15, 0.2) is 71.8 Å². The number of hydrogen-bond acceptors (Lipinski definition) is 5. The highest BCUT2D eigenvalue weighted by Gasteiger charge is 2.28. The van der Waals surface area contributed by atoms with Crippen LogP contribution in [0.4, 0.5) is 5.69 Å². The lowest BCUT2D eigenvalue weighted by Gasteiger charge is -2.12. The van der Waals surface area contributed by atoms with E-state index in [2.05, 4.69) is 21.6 Å². The molecule has 0 fully saturated rings. The second-order valence-corrected chi connectivity index (χ2v) is 6.64. The predicted octanol–water partition coefficient (Wildman–Crippen LogP) is 4.10. The van der Waals surface area contributed by atoms with Gasteiger partial charge in [-0.15, -0.1) is 16.9 Å². The Morgan fingerprint density at radius 3 is 2.92 bits per heavy atom. The minimum absolute atomic E-state index is 0.00546. The zero-order chi connectivity index (χ0) is 17.1. The first-order chi connectivity index (χ1) is 12.3. The van der Waals surface area contributed by atoms with Crippen LogP contribution in [0, 0.1) is 0 Å². The van der Waals surface area contributed by atoms with Crippen LogP contribution in [0.3, 0.4) is 0 Å². The van der Waals surface area contributed by atoms with Crippen LogP contribution in [-0.2, 0) is 4.79 Å². The molecule has 1 amide bonds. The van der Waals surface area contributed by atoms with Crippen molar-refractivity contribution in [3.63, 3.8) is 0 Å². The maximum Gasteiger partial charge on any atom is 0.238 e. The number of rotatable bonds is 4. The maximum absolute atomic E-state index is 12.7. The zero-order valence-electron chi connectivity index (χ0n) is 13.3. The van der Waals surface area contributed by atoms with Crippen LogP contribution in [0.1, 0.15) is 11.5 Å². The van der Waals surface area contributed by atoms with Gasteiger partial charge in [-0.1, -0.05) is 24.3 Å². The normalized spacial score (nSPS) is 15.4. The standard InChI is InChI=1S/C19H15N3O2S/c23-19(16-12-25-17-8-2-1-7-15(16)17)21-13-5-3-6-14(11-13)24-18-9-4-10-20-22-18/h1-11,16H,12H2,(H,21,23). The zero-order valence-corrected chi connectivity index (χ0v) is 14.1. The Balaban J connectivity index is 1.48. The van der Waals surface area contributed by atoms with Gasteiger partial charge < -0.3 is 10.1 Å². The van der Waals surface area contributed by atoms with Gasteiger partial charge in [0.15, 0.2) is 0 Å². The van der Waals surface area contributed by atoms with Gasteiger partial charge in [-0.05, 0) is 29.8 Å². The molecule has 5 nitrogen and oxygen atoms in total. The molecule has 0 saturated carbocycles. The summed E-state index contributed by atoms with van der Waals surface area (Å²) in [6.45, 7) is 0. The molecular formula is C19H15N3O2S. The van der Waals surface area contributed by atoms with E-state index in [9.17, 15) is 4.79 Å². The molecule has 1 atom stereocenters. The molecule has 1 aromatic heterocycles. The van der Waals surface area contributed by atoms with Crippen molar-refractivity contribution in [3.05, 3.63) is 72.4 Å². The van der Waals surface area contributed by atoms with E-state index < -0.39 is 0 Å². The molecule has 0 saturated heterocycles. The largest absolute Gasteiger partial charge is 0.437 e. The number of thioether (sulfide) groups is 1. The molecule has 0 aliphatic carbocycles. The van der Waals surface area contributed by atoms with Crippen LogP contribution in [-0.4, -0.2) is 21.9 Å². The summed E-state index contributed by atoms with van der Waals surface area (Å²) in [5.74, 6) is 1.63. The van der Waals surface area contributed by atoms with E-state index in [1.54, 1.807) is 36.2 Å². The second-order valence-electron chi connectivity index (χ2n) is 5.58. The first-order valence-electron chi connectivity index (χ1n) is 7.88. The van der Waals surface area contributed by atoms with Crippen molar-refractivity contribution in [1.29, 1.82) is 0 Å². The fourth-order valence-electron chi connectivity index (χ4n) is 2.71. The van der Waals surface area contributed by atoms with Crippen LogP contribution >= 0.6 is 11.8 Å². The van der Waals surface area contributed by atoms with Gasteiger partial charge in [-0.3, -0.25) is 4.79 Å². The molecule has 1 unspecified atom stereocenters. The van der Waals surface area contributed by atoms with Gasteiger partial charge in [0.25, 0.3) is 0 Å². The highest BCUT2D eigenvalue weighted by Crippen LogP contribution is 2.39. The van der Waals surface area contributed by atoms with E-state index in [-0.39, 0.29) is 11.8 Å². The number of ether oxygens (including phenoxy) is 1. The quantitative estimate of drug-likeness (QED) is 0.768. The molecular weight excluding hydrogens is 334 g/mol. The minimum Gasteiger partial charge on any atom is -0.437 e. The summed E-state index contributed by atoms with van der Waals surface area (Å²) in [5, 5.41) is 10.7. The van der Waals surface area contributed by atoms with Crippen LogP contribution in [0.2, 0.25) is 0 Å². The molecule has 0 radical (unpaired) electrons. The first kappa shape index (κ1) is 15.7. The number of aromatic nitrogens is 2. The van der Waals surface area contributed by atoms with Crippen molar-refractivity contribution in [2.45, 2.75) is 10.8 Å². The Morgan fingerprint density at radius 2 is 2.04 bits per heavy atom. The lowest BCUT2D eigenvalue weighted by Crippen LogP contribution is -2.20.